The first-order valence-electron chi connectivity index (χ1n) is 3.91. The number of phenols is 1. The highest BCUT2D eigenvalue weighted by molar-refractivity contribution is 9.10. The van der Waals surface area contributed by atoms with Crippen molar-refractivity contribution < 1.29 is 23.8 Å². The SMILES string of the molecule is O=C(O)C(F)(F)Cc1ccc(Br)cc1O. The van der Waals surface area contributed by atoms with Gasteiger partial charge in [0.05, 0.1) is 6.42 Å². The van der Waals surface area contributed by atoms with Crippen LogP contribution < -0.4 is 0 Å². The Balaban J connectivity index is 2.95. The van der Waals surface area contributed by atoms with E-state index < -0.39 is 18.3 Å². The van der Waals surface area contributed by atoms with Crippen molar-refractivity contribution in [1.29, 1.82) is 0 Å². The fourth-order valence-electron chi connectivity index (χ4n) is 1.00. The van der Waals surface area contributed by atoms with Gasteiger partial charge in [-0.1, -0.05) is 22.0 Å². The molecule has 1 aromatic rings. The van der Waals surface area contributed by atoms with Crippen LogP contribution in [0.2, 0.25) is 0 Å². The van der Waals surface area contributed by atoms with E-state index in [9.17, 15) is 18.7 Å². The Morgan fingerprint density at radius 3 is 2.53 bits per heavy atom. The number of hydrogen-bond acceptors (Lipinski definition) is 2. The molecule has 0 radical (unpaired) electrons. The van der Waals surface area contributed by atoms with E-state index in [1.807, 2.05) is 0 Å². The molecule has 0 spiro atoms. The molecule has 0 atom stereocenters. The first-order chi connectivity index (χ1) is 6.83. The minimum atomic E-state index is -3.87. The van der Waals surface area contributed by atoms with Gasteiger partial charge in [-0.25, -0.2) is 4.79 Å². The van der Waals surface area contributed by atoms with Crippen LogP contribution in [0, 0.1) is 0 Å². The van der Waals surface area contributed by atoms with E-state index in [4.69, 9.17) is 5.11 Å². The van der Waals surface area contributed by atoms with Gasteiger partial charge in [0.15, 0.2) is 0 Å². The van der Waals surface area contributed by atoms with Gasteiger partial charge in [-0.15, -0.1) is 0 Å². The van der Waals surface area contributed by atoms with Crippen LogP contribution in [0.4, 0.5) is 8.78 Å². The summed E-state index contributed by atoms with van der Waals surface area (Å²) in [5.41, 5.74) is -0.106. The lowest BCUT2D eigenvalue weighted by molar-refractivity contribution is -0.164. The summed E-state index contributed by atoms with van der Waals surface area (Å²) in [5.74, 6) is -6.43. The van der Waals surface area contributed by atoms with Crippen LogP contribution in [-0.2, 0) is 11.2 Å². The Kier molecular flexibility index (Phi) is 3.28. The highest BCUT2D eigenvalue weighted by Crippen LogP contribution is 2.28. The van der Waals surface area contributed by atoms with Gasteiger partial charge in [0.1, 0.15) is 5.75 Å². The summed E-state index contributed by atoms with van der Waals surface area (Å²) in [6.45, 7) is 0. The van der Waals surface area contributed by atoms with Crippen LogP contribution in [0.1, 0.15) is 5.56 Å². The second-order valence-corrected chi connectivity index (χ2v) is 3.88. The van der Waals surface area contributed by atoms with Gasteiger partial charge in [-0.3, -0.25) is 0 Å². The molecule has 82 valence electrons. The molecule has 0 fully saturated rings. The molecule has 0 aromatic heterocycles. The maximum absolute atomic E-state index is 12.8. The fraction of sp³-hybridized carbons (Fsp3) is 0.222. The van der Waals surface area contributed by atoms with Gasteiger partial charge in [-0.05, 0) is 12.1 Å². The number of rotatable bonds is 3. The van der Waals surface area contributed by atoms with Gasteiger partial charge in [0.25, 0.3) is 0 Å². The van der Waals surface area contributed by atoms with Gasteiger partial charge in [0, 0.05) is 10.0 Å². The summed E-state index contributed by atoms with van der Waals surface area (Å²) < 4.78 is 26.1. The second-order valence-electron chi connectivity index (χ2n) is 2.96. The molecule has 6 heteroatoms. The first kappa shape index (κ1) is 11.9. The number of benzene rings is 1. The van der Waals surface area contributed by atoms with Crippen LogP contribution in [0.5, 0.6) is 5.75 Å². The molecule has 0 aliphatic heterocycles. The van der Waals surface area contributed by atoms with Crippen molar-refractivity contribution in [3.8, 4) is 5.75 Å². The van der Waals surface area contributed by atoms with E-state index in [1.165, 1.54) is 18.2 Å². The molecule has 0 saturated heterocycles. The number of carbonyl (C=O) groups is 1. The number of phenolic OH excluding ortho intramolecular Hbond substituents is 1. The van der Waals surface area contributed by atoms with Crippen molar-refractivity contribution in [2.24, 2.45) is 0 Å². The number of halogens is 3. The van der Waals surface area contributed by atoms with Gasteiger partial charge < -0.3 is 10.2 Å². The number of hydrogen-bond donors (Lipinski definition) is 2. The van der Waals surface area contributed by atoms with Crippen LogP contribution in [0.3, 0.4) is 0 Å². The largest absolute Gasteiger partial charge is 0.508 e. The molecule has 1 aromatic carbocycles. The summed E-state index contributed by atoms with van der Waals surface area (Å²) in [6, 6.07) is 3.93. The van der Waals surface area contributed by atoms with Crippen LogP contribution in [0.25, 0.3) is 0 Å². The normalized spacial score (nSPS) is 11.4. The zero-order valence-corrected chi connectivity index (χ0v) is 8.96. The van der Waals surface area contributed by atoms with Crippen LogP contribution in [-0.4, -0.2) is 22.1 Å². The molecule has 0 heterocycles. The zero-order chi connectivity index (χ0) is 11.6. The lowest BCUT2D eigenvalue weighted by Gasteiger charge is -2.12. The highest BCUT2D eigenvalue weighted by atomic mass is 79.9. The second kappa shape index (κ2) is 4.14. The Hall–Kier alpha value is -1.17. The maximum Gasteiger partial charge on any atom is 0.374 e. The minimum Gasteiger partial charge on any atom is -0.508 e. The number of aromatic hydroxyl groups is 1. The third-order valence-corrected chi connectivity index (χ3v) is 2.27. The lowest BCUT2D eigenvalue weighted by atomic mass is 10.1. The number of carboxylic acid groups (broad SMARTS) is 1. The monoisotopic (exact) mass is 280 g/mol. The minimum absolute atomic E-state index is 0.106. The predicted octanol–water partition coefficient (Wildman–Crippen LogP) is 2.42. The smallest absolute Gasteiger partial charge is 0.374 e. The lowest BCUT2D eigenvalue weighted by Crippen LogP contribution is -2.30. The Morgan fingerprint density at radius 1 is 1.47 bits per heavy atom. The molecule has 0 saturated carbocycles. The van der Waals surface area contributed by atoms with Crippen molar-refractivity contribution in [3.63, 3.8) is 0 Å². The zero-order valence-electron chi connectivity index (χ0n) is 7.38. The van der Waals surface area contributed by atoms with E-state index in [1.54, 1.807) is 0 Å². The Morgan fingerprint density at radius 2 is 2.07 bits per heavy atom. The molecular formula is C9H7BrF2O3. The van der Waals surface area contributed by atoms with Crippen molar-refractivity contribution >= 4 is 21.9 Å². The van der Waals surface area contributed by atoms with Gasteiger partial charge >= 0.3 is 11.9 Å². The number of alkyl halides is 2. The third kappa shape index (κ3) is 2.89. The van der Waals surface area contributed by atoms with Crippen molar-refractivity contribution in [2.75, 3.05) is 0 Å². The topological polar surface area (TPSA) is 57.5 Å². The van der Waals surface area contributed by atoms with Crippen molar-refractivity contribution in [2.45, 2.75) is 12.3 Å². The highest BCUT2D eigenvalue weighted by Gasteiger charge is 2.39. The van der Waals surface area contributed by atoms with Crippen LogP contribution in [0.15, 0.2) is 22.7 Å². The summed E-state index contributed by atoms with van der Waals surface area (Å²) in [7, 11) is 0. The molecule has 0 aliphatic carbocycles. The van der Waals surface area contributed by atoms with E-state index >= 15 is 0 Å². The summed E-state index contributed by atoms with van der Waals surface area (Å²) in [6.07, 6.45) is -1.03. The van der Waals surface area contributed by atoms with Gasteiger partial charge in [-0.2, -0.15) is 8.78 Å². The molecule has 0 bridgehead atoms. The molecule has 0 amide bonds. The molecule has 0 unspecified atom stereocenters. The molecule has 0 aliphatic rings. The summed E-state index contributed by atoms with van der Waals surface area (Å²) in [5, 5.41) is 17.5. The fourth-order valence-corrected chi connectivity index (χ4v) is 1.35. The molecule has 2 N–H and O–H groups in total. The molecular weight excluding hydrogens is 274 g/mol. The Labute approximate surface area is 92.5 Å². The van der Waals surface area contributed by atoms with E-state index in [0.29, 0.717) is 4.47 Å². The summed E-state index contributed by atoms with van der Waals surface area (Å²) in [4.78, 5) is 10.2. The number of aliphatic carboxylic acids is 1. The van der Waals surface area contributed by atoms with Crippen molar-refractivity contribution in [3.05, 3.63) is 28.2 Å². The predicted molar refractivity (Wildman–Crippen MR) is 52.1 cm³/mol. The standard InChI is InChI=1S/C9H7BrF2O3/c10-6-2-1-5(7(13)3-6)4-9(11,12)8(14)15/h1-3,13H,4H2,(H,14,15). The quantitative estimate of drug-likeness (QED) is 0.894. The molecule has 15 heavy (non-hydrogen) atoms. The average molecular weight is 281 g/mol. The van der Waals surface area contributed by atoms with Gasteiger partial charge in [0.2, 0.25) is 0 Å². The van der Waals surface area contributed by atoms with E-state index in [2.05, 4.69) is 15.9 Å². The number of carboxylic acids is 1. The first-order valence-corrected chi connectivity index (χ1v) is 4.71. The van der Waals surface area contributed by atoms with Crippen LogP contribution >= 0.6 is 15.9 Å². The average Bonchev–Trinajstić information content (AvgIpc) is 2.09. The van der Waals surface area contributed by atoms with Crippen molar-refractivity contribution in [1.82, 2.24) is 0 Å². The molecule has 3 nitrogen and oxygen atoms in total. The molecule has 1 rings (SSSR count). The summed E-state index contributed by atoms with van der Waals surface area (Å²) >= 11 is 3.04. The van der Waals surface area contributed by atoms with E-state index in [-0.39, 0.29) is 11.3 Å². The third-order valence-electron chi connectivity index (χ3n) is 1.77. The Bertz CT molecular complexity index is 393. The maximum atomic E-state index is 12.8. The van der Waals surface area contributed by atoms with E-state index in [0.717, 1.165) is 0 Å².